The second-order valence-corrected chi connectivity index (χ2v) is 5.31. The van der Waals surface area contributed by atoms with Crippen molar-refractivity contribution in [3.63, 3.8) is 0 Å². The summed E-state index contributed by atoms with van der Waals surface area (Å²) in [5.74, 6) is 0. The number of hydrogen-bond donors (Lipinski definition) is 1. The van der Waals surface area contributed by atoms with Gasteiger partial charge in [-0.25, -0.2) is 0 Å². The first-order valence-corrected chi connectivity index (χ1v) is 7.50. The Morgan fingerprint density at radius 3 is 2.55 bits per heavy atom. The van der Waals surface area contributed by atoms with Gasteiger partial charge in [0.05, 0.1) is 5.69 Å². The Kier molecular flexibility index (Phi) is 4.96. The minimum Gasteiger partial charge on any atom is -0.313 e. The van der Waals surface area contributed by atoms with Gasteiger partial charge in [-0.3, -0.25) is 4.68 Å². The molecule has 3 heteroatoms. The third-order valence-corrected chi connectivity index (χ3v) is 3.61. The molecule has 108 valence electrons. The van der Waals surface area contributed by atoms with Gasteiger partial charge in [-0.15, -0.1) is 0 Å². The Labute approximate surface area is 122 Å². The molecule has 3 nitrogen and oxygen atoms in total. The Balaban J connectivity index is 2.22. The van der Waals surface area contributed by atoms with E-state index < -0.39 is 0 Å². The van der Waals surface area contributed by atoms with Gasteiger partial charge < -0.3 is 5.32 Å². The Morgan fingerprint density at radius 1 is 1.15 bits per heavy atom. The van der Waals surface area contributed by atoms with Gasteiger partial charge in [0.2, 0.25) is 0 Å². The van der Waals surface area contributed by atoms with E-state index >= 15 is 0 Å². The summed E-state index contributed by atoms with van der Waals surface area (Å²) in [6, 6.07) is 6.72. The van der Waals surface area contributed by atoms with E-state index in [0.717, 1.165) is 25.3 Å². The lowest BCUT2D eigenvalue weighted by Gasteiger charge is -2.09. The van der Waals surface area contributed by atoms with Crippen LogP contribution in [-0.4, -0.2) is 16.3 Å². The highest BCUT2D eigenvalue weighted by molar-refractivity contribution is 5.69. The normalized spacial score (nSPS) is 11.0. The maximum absolute atomic E-state index is 4.53. The molecule has 0 spiro atoms. The van der Waals surface area contributed by atoms with Gasteiger partial charge in [-0.2, -0.15) is 5.10 Å². The molecule has 0 unspecified atom stereocenters. The summed E-state index contributed by atoms with van der Waals surface area (Å²) in [4.78, 5) is 0. The van der Waals surface area contributed by atoms with Crippen LogP contribution in [0.2, 0.25) is 0 Å². The lowest BCUT2D eigenvalue weighted by molar-refractivity contribution is 0.653. The van der Waals surface area contributed by atoms with Crippen molar-refractivity contribution < 1.29 is 0 Å². The molecule has 0 aliphatic heterocycles. The van der Waals surface area contributed by atoms with Crippen molar-refractivity contribution in [2.24, 2.45) is 0 Å². The standard InChI is InChI=1S/C17H25N3/c1-5-9-18-11-15-7-8-16(13(3)10-15)17-12-20(6-2)19-14(17)4/h7-8,10,12,18H,5-6,9,11H2,1-4H3. The predicted octanol–water partition coefficient (Wildman–Crippen LogP) is 3.69. The Bertz CT molecular complexity index is 570. The van der Waals surface area contributed by atoms with Crippen LogP contribution in [0.3, 0.4) is 0 Å². The fraction of sp³-hybridized carbons (Fsp3) is 0.471. The molecule has 1 aromatic carbocycles. The minimum atomic E-state index is 0.916. The highest BCUT2D eigenvalue weighted by Crippen LogP contribution is 2.26. The van der Waals surface area contributed by atoms with Gasteiger partial charge in [-0.1, -0.05) is 25.1 Å². The molecule has 0 saturated carbocycles. The van der Waals surface area contributed by atoms with Crippen molar-refractivity contribution in [2.45, 2.75) is 47.2 Å². The summed E-state index contributed by atoms with van der Waals surface area (Å²) in [6.07, 6.45) is 3.32. The van der Waals surface area contributed by atoms with Crippen molar-refractivity contribution in [1.29, 1.82) is 0 Å². The number of nitrogens with zero attached hydrogens (tertiary/aromatic N) is 2. The molecular weight excluding hydrogens is 246 g/mol. The number of aromatic nitrogens is 2. The summed E-state index contributed by atoms with van der Waals surface area (Å²) in [6.45, 7) is 11.5. The Morgan fingerprint density at radius 2 is 1.95 bits per heavy atom. The van der Waals surface area contributed by atoms with Gasteiger partial charge in [0, 0.05) is 24.8 Å². The first kappa shape index (κ1) is 14.8. The first-order valence-electron chi connectivity index (χ1n) is 7.50. The topological polar surface area (TPSA) is 29.9 Å². The molecule has 0 saturated heterocycles. The monoisotopic (exact) mass is 271 g/mol. The molecule has 1 heterocycles. The third kappa shape index (κ3) is 3.28. The average Bonchev–Trinajstić information content (AvgIpc) is 2.80. The van der Waals surface area contributed by atoms with E-state index in [1.807, 2.05) is 4.68 Å². The average molecular weight is 271 g/mol. The molecule has 20 heavy (non-hydrogen) atoms. The fourth-order valence-electron chi connectivity index (χ4n) is 2.49. The second kappa shape index (κ2) is 6.71. The van der Waals surface area contributed by atoms with E-state index in [-0.39, 0.29) is 0 Å². The molecule has 0 aliphatic carbocycles. The summed E-state index contributed by atoms with van der Waals surface area (Å²) in [7, 11) is 0. The zero-order chi connectivity index (χ0) is 14.5. The van der Waals surface area contributed by atoms with Crippen molar-refractivity contribution in [2.75, 3.05) is 6.54 Å². The van der Waals surface area contributed by atoms with Crippen LogP contribution in [0.5, 0.6) is 0 Å². The molecule has 1 N–H and O–H groups in total. The van der Waals surface area contributed by atoms with Crippen LogP contribution >= 0.6 is 0 Å². The lowest BCUT2D eigenvalue weighted by Crippen LogP contribution is -2.13. The molecule has 2 aromatic rings. The molecule has 0 amide bonds. The quantitative estimate of drug-likeness (QED) is 0.812. The van der Waals surface area contributed by atoms with Crippen LogP contribution < -0.4 is 5.32 Å². The zero-order valence-electron chi connectivity index (χ0n) is 13.0. The van der Waals surface area contributed by atoms with Gasteiger partial charge in [0.25, 0.3) is 0 Å². The van der Waals surface area contributed by atoms with E-state index in [1.54, 1.807) is 0 Å². The SMILES string of the molecule is CCCNCc1ccc(-c2cn(CC)nc2C)c(C)c1. The van der Waals surface area contributed by atoms with Gasteiger partial charge in [0.15, 0.2) is 0 Å². The smallest absolute Gasteiger partial charge is 0.0672 e. The number of rotatable bonds is 6. The van der Waals surface area contributed by atoms with Crippen molar-refractivity contribution in [3.8, 4) is 11.1 Å². The van der Waals surface area contributed by atoms with Crippen molar-refractivity contribution in [3.05, 3.63) is 41.2 Å². The molecule has 0 fully saturated rings. The summed E-state index contributed by atoms with van der Waals surface area (Å²) < 4.78 is 2.00. The molecule has 1 aromatic heterocycles. The second-order valence-electron chi connectivity index (χ2n) is 5.31. The number of benzene rings is 1. The molecule has 0 atom stereocenters. The van der Waals surface area contributed by atoms with Crippen LogP contribution in [0, 0.1) is 13.8 Å². The minimum absolute atomic E-state index is 0.916. The van der Waals surface area contributed by atoms with E-state index in [2.05, 4.69) is 62.5 Å². The summed E-state index contributed by atoms with van der Waals surface area (Å²) in [5.41, 5.74) is 6.31. The molecule has 0 radical (unpaired) electrons. The number of hydrogen-bond acceptors (Lipinski definition) is 2. The maximum Gasteiger partial charge on any atom is 0.0672 e. The molecule has 2 rings (SSSR count). The van der Waals surface area contributed by atoms with Gasteiger partial charge in [0.1, 0.15) is 0 Å². The highest BCUT2D eigenvalue weighted by Gasteiger charge is 2.09. The fourth-order valence-corrected chi connectivity index (χ4v) is 2.49. The van der Waals surface area contributed by atoms with Crippen LogP contribution in [0.15, 0.2) is 24.4 Å². The van der Waals surface area contributed by atoms with Crippen LogP contribution in [0.25, 0.3) is 11.1 Å². The maximum atomic E-state index is 4.53. The number of aryl methyl sites for hydroxylation is 3. The van der Waals surface area contributed by atoms with Gasteiger partial charge >= 0.3 is 0 Å². The van der Waals surface area contributed by atoms with Crippen molar-refractivity contribution in [1.82, 2.24) is 15.1 Å². The van der Waals surface area contributed by atoms with E-state index in [4.69, 9.17) is 0 Å². The van der Waals surface area contributed by atoms with Crippen molar-refractivity contribution >= 4 is 0 Å². The summed E-state index contributed by atoms with van der Waals surface area (Å²) in [5, 5.41) is 7.98. The van der Waals surface area contributed by atoms with E-state index in [1.165, 1.54) is 28.7 Å². The molecule has 0 aliphatic rings. The molecular formula is C17H25N3. The lowest BCUT2D eigenvalue weighted by atomic mass is 9.99. The Hall–Kier alpha value is -1.61. The van der Waals surface area contributed by atoms with Gasteiger partial charge in [-0.05, 0) is 50.4 Å². The first-order chi connectivity index (χ1) is 9.65. The predicted molar refractivity (Wildman–Crippen MR) is 84.8 cm³/mol. The van der Waals surface area contributed by atoms with E-state index in [9.17, 15) is 0 Å². The van der Waals surface area contributed by atoms with Crippen LogP contribution in [0.1, 0.15) is 37.1 Å². The zero-order valence-corrected chi connectivity index (χ0v) is 13.0. The highest BCUT2D eigenvalue weighted by atomic mass is 15.3. The largest absolute Gasteiger partial charge is 0.313 e. The number of nitrogens with one attached hydrogen (secondary N) is 1. The summed E-state index contributed by atoms with van der Waals surface area (Å²) >= 11 is 0. The van der Waals surface area contributed by atoms with E-state index in [0.29, 0.717) is 0 Å². The third-order valence-electron chi connectivity index (χ3n) is 3.61. The van der Waals surface area contributed by atoms with Crippen LogP contribution in [-0.2, 0) is 13.1 Å². The molecule has 0 bridgehead atoms. The van der Waals surface area contributed by atoms with Crippen LogP contribution in [0.4, 0.5) is 0 Å².